The molecule has 3 rings (SSSR count). The highest BCUT2D eigenvalue weighted by molar-refractivity contribution is 7.71. The third-order valence-corrected chi connectivity index (χ3v) is 4.32. The molecular weight excluding hydrogens is 228 g/mol. The Morgan fingerprint density at radius 3 is 2.88 bits per heavy atom. The fourth-order valence-corrected chi connectivity index (χ4v) is 3.43. The fourth-order valence-electron chi connectivity index (χ4n) is 3.08. The first-order chi connectivity index (χ1) is 8.16. The number of aromatic nitrogens is 2. The Balaban J connectivity index is 2.22. The smallest absolute Gasteiger partial charge is 0.178 e. The predicted octanol–water partition coefficient (Wildman–Crippen LogP) is 4.37. The lowest BCUT2D eigenvalue weighted by Crippen LogP contribution is -2.11. The Morgan fingerprint density at radius 1 is 1.35 bits per heavy atom. The van der Waals surface area contributed by atoms with Crippen molar-refractivity contribution in [2.75, 3.05) is 0 Å². The van der Waals surface area contributed by atoms with Crippen LogP contribution in [-0.2, 0) is 0 Å². The number of imidazole rings is 1. The molecule has 2 unspecified atom stereocenters. The van der Waals surface area contributed by atoms with Gasteiger partial charge in [0.05, 0.1) is 11.0 Å². The molecule has 2 aromatic rings. The van der Waals surface area contributed by atoms with Crippen molar-refractivity contribution in [1.29, 1.82) is 0 Å². The van der Waals surface area contributed by atoms with Gasteiger partial charge in [-0.15, -0.1) is 0 Å². The standard InChI is InChI=1S/C14H18N2S/c1-9-6-7-13-11(8-9)15-14(17)16(13)12-5-3-4-10(12)2/h6-8,10,12H,3-5H2,1-2H3,(H,15,17). The summed E-state index contributed by atoms with van der Waals surface area (Å²) in [6, 6.07) is 7.13. The fraction of sp³-hybridized carbons (Fsp3) is 0.500. The second-order valence-corrected chi connectivity index (χ2v) is 5.68. The van der Waals surface area contributed by atoms with E-state index in [1.165, 1.54) is 35.9 Å². The molecule has 3 heteroatoms. The van der Waals surface area contributed by atoms with Crippen LogP contribution < -0.4 is 0 Å². The summed E-state index contributed by atoms with van der Waals surface area (Å²) in [5.41, 5.74) is 3.72. The summed E-state index contributed by atoms with van der Waals surface area (Å²) in [4.78, 5) is 3.34. The van der Waals surface area contributed by atoms with Gasteiger partial charge >= 0.3 is 0 Å². The van der Waals surface area contributed by atoms with E-state index in [0.29, 0.717) is 6.04 Å². The largest absolute Gasteiger partial charge is 0.331 e. The van der Waals surface area contributed by atoms with E-state index >= 15 is 0 Å². The van der Waals surface area contributed by atoms with Gasteiger partial charge in [-0.05, 0) is 55.6 Å². The molecule has 1 saturated carbocycles. The molecule has 0 spiro atoms. The first-order valence-corrected chi connectivity index (χ1v) is 6.78. The lowest BCUT2D eigenvalue weighted by Gasteiger charge is -2.18. The normalized spacial score (nSPS) is 24.6. The van der Waals surface area contributed by atoms with Gasteiger partial charge < -0.3 is 9.55 Å². The maximum atomic E-state index is 5.49. The zero-order valence-electron chi connectivity index (χ0n) is 10.4. The van der Waals surface area contributed by atoms with Crippen molar-refractivity contribution in [3.05, 3.63) is 28.5 Å². The van der Waals surface area contributed by atoms with Crippen LogP contribution in [0.15, 0.2) is 18.2 Å². The van der Waals surface area contributed by atoms with E-state index in [-0.39, 0.29) is 0 Å². The van der Waals surface area contributed by atoms with Gasteiger partial charge in [-0.3, -0.25) is 0 Å². The average Bonchev–Trinajstić information content (AvgIpc) is 2.80. The Kier molecular flexibility index (Phi) is 2.58. The number of hydrogen-bond acceptors (Lipinski definition) is 1. The van der Waals surface area contributed by atoms with E-state index < -0.39 is 0 Å². The van der Waals surface area contributed by atoms with Crippen molar-refractivity contribution in [2.24, 2.45) is 5.92 Å². The summed E-state index contributed by atoms with van der Waals surface area (Å²) in [7, 11) is 0. The maximum absolute atomic E-state index is 5.49. The first kappa shape index (κ1) is 11.0. The van der Waals surface area contributed by atoms with Gasteiger partial charge in [0, 0.05) is 6.04 Å². The summed E-state index contributed by atoms with van der Waals surface area (Å²) >= 11 is 5.49. The molecule has 1 N–H and O–H groups in total. The molecule has 1 aromatic carbocycles. The van der Waals surface area contributed by atoms with E-state index in [1.54, 1.807) is 0 Å². The molecule has 2 nitrogen and oxygen atoms in total. The van der Waals surface area contributed by atoms with Crippen molar-refractivity contribution in [2.45, 2.75) is 39.2 Å². The maximum Gasteiger partial charge on any atom is 0.178 e. The third kappa shape index (κ3) is 1.73. The van der Waals surface area contributed by atoms with Crippen LogP contribution in [0, 0.1) is 17.6 Å². The number of H-pyrrole nitrogens is 1. The van der Waals surface area contributed by atoms with Crippen LogP contribution in [0.4, 0.5) is 0 Å². The number of rotatable bonds is 1. The molecule has 1 heterocycles. The summed E-state index contributed by atoms with van der Waals surface area (Å²) in [6.45, 7) is 4.46. The molecule has 0 saturated heterocycles. The number of benzene rings is 1. The van der Waals surface area contributed by atoms with Crippen LogP contribution in [0.5, 0.6) is 0 Å². The molecule has 1 aromatic heterocycles. The summed E-state index contributed by atoms with van der Waals surface area (Å²) in [5.74, 6) is 0.738. The number of nitrogens with one attached hydrogen (secondary N) is 1. The molecule has 1 aliphatic rings. The number of hydrogen-bond donors (Lipinski definition) is 1. The van der Waals surface area contributed by atoms with E-state index in [2.05, 4.69) is 41.6 Å². The van der Waals surface area contributed by atoms with Crippen LogP contribution in [0.1, 0.15) is 37.8 Å². The van der Waals surface area contributed by atoms with Crippen molar-refractivity contribution in [1.82, 2.24) is 9.55 Å². The van der Waals surface area contributed by atoms with Crippen LogP contribution >= 0.6 is 12.2 Å². The van der Waals surface area contributed by atoms with E-state index in [0.717, 1.165) is 10.7 Å². The Labute approximate surface area is 107 Å². The van der Waals surface area contributed by atoms with Crippen molar-refractivity contribution in [3.8, 4) is 0 Å². The molecule has 1 aliphatic carbocycles. The van der Waals surface area contributed by atoms with Gasteiger partial charge in [-0.25, -0.2) is 0 Å². The molecular formula is C14H18N2S. The highest BCUT2D eigenvalue weighted by Crippen LogP contribution is 2.37. The van der Waals surface area contributed by atoms with Crippen molar-refractivity contribution < 1.29 is 0 Å². The highest BCUT2D eigenvalue weighted by Gasteiger charge is 2.26. The summed E-state index contributed by atoms with van der Waals surface area (Å²) in [5, 5.41) is 0. The Bertz CT molecular complexity index is 608. The van der Waals surface area contributed by atoms with Crippen LogP contribution in [0.25, 0.3) is 11.0 Å². The minimum atomic E-state index is 0.582. The zero-order valence-corrected chi connectivity index (χ0v) is 11.2. The van der Waals surface area contributed by atoms with Crippen LogP contribution in [0.3, 0.4) is 0 Å². The van der Waals surface area contributed by atoms with Gasteiger partial charge in [0.1, 0.15) is 0 Å². The molecule has 0 aliphatic heterocycles. The van der Waals surface area contributed by atoms with E-state index in [4.69, 9.17) is 12.2 Å². The number of aromatic amines is 1. The molecule has 2 atom stereocenters. The quantitative estimate of drug-likeness (QED) is 0.741. The Hall–Kier alpha value is -1.09. The predicted molar refractivity (Wildman–Crippen MR) is 73.9 cm³/mol. The zero-order chi connectivity index (χ0) is 12.0. The van der Waals surface area contributed by atoms with Crippen LogP contribution in [0.2, 0.25) is 0 Å². The topological polar surface area (TPSA) is 20.7 Å². The minimum absolute atomic E-state index is 0.582. The minimum Gasteiger partial charge on any atom is -0.331 e. The first-order valence-electron chi connectivity index (χ1n) is 6.37. The number of fused-ring (bicyclic) bond motifs is 1. The van der Waals surface area contributed by atoms with E-state index in [9.17, 15) is 0 Å². The molecule has 17 heavy (non-hydrogen) atoms. The highest BCUT2D eigenvalue weighted by atomic mass is 32.1. The van der Waals surface area contributed by atoms with Gasteiger partial charge in [0.25, 0.3) is 0 Å². The van der Waals surface area contributed by atoms with Gasteiger partial charge in [-0.1, -0.05) is 19.4 Å². The number of aryl methyl sites for hydroxylation is 1. The molecule has 90 valence electrons. The van der Waals surface area contributed by atoms with Gasteiger partial charge in [0.15, 0.2) is 4.77 Å². The second kappa shape index (κ2) is 3.98. The van der Waals surface area contributed by atoms with Gasteiger partial charge in [-0.2, -0.15) is 0 Å². The Morgan fingerprint density at radius 2 is 2.18 bits per heavy atom. The lowest BCUT2D eigenvalue weighted by molar-refractivity contribution is 0.413. The third-order valence-electron chi connectivity index (χ3n) is 4.02. The molecule has 0 bridgehead atoms. The lowest BCUT2D eigenvalue weighted by atomic mass is 10.1. The van der Waals surface area contributed by atoms with Gasteiger partial charge in [0.2, 0.25) is 0 Å². The van der Waals surface area contributed by atoms with Crippen molar-refractivity contribution >= 4 is 23.3 Å². The average molecular weight is 246 g/mol. The summed E-state index contributed by atoms with van der Waals surface area (Å²) in [6.07, 6.45) is 3.91. The number of nitrogens with zero attached hydrogens (tertiary/aromatic N) is 1. The monoisotopic (exact) mass is 246 g/mol. The van der Waals surface area contributed by atoms with E-state index in [1.807, 2.05) is 0 Å². The molecule has 1 fully saturated rings. The van der Waals surface area contributed by atoms with Crippen LogP contribution in [-0.4, -0.2) is 9.55 Å². The second-order valence-electron chi connectivity index (χ2n) is 5.30. The van der Waals surface area contributed by atoms with Crippen molar-refractivity contribution in [3.63, 3.8) is 0 Å². The SMILES string of the molecule is Cc1ccc2c(c1)[nH]c(=S)n2C1CCCC1C. The summed E-state index contributed by atoms with van der Waals surface area (Å²) < 4.78 is 3.21. The molecule has 0 amide bonds. The molecule has 0 radical (unpaired) electrons.